The Balaban J connectivity index is 2.05. The average Bonchev–Trinajstić information content (AvgIpc) is 2.60. The van der Waals surface area contributed by atoms with Gasteiger partial charge in [0, 0.05) is 25.7 Å². The first-order valence-corrected chi connectivity index (χ1v) is 8.88. The molecule has 0 saturated carbocycles. The second-order valence-corrected chi connectivity index (χ2v) is 7.72. The van der Waals surface area contributed by atoms with E-state index in [0.717, 1.165) is 18.4 Å². The third kappa shape index (κ3) is 4.04. The van der Waals surface area contributed by atoms with E-state index in [0.29, 0.717) is 25.7 Å². The van der Waals surface area contributed by atoms with Crippen molar-refractivity contribution in [2.75, 3.05) is 18.8 Å². The molecule has 0 bridgehead atoms. The number of nitrogens with one attached hydrogen (secondary N) is 1. The lowest BCUT2D eigenvalue weighted by Gasteiger charge is -2.21. The summed E-state index contributed by atoms with van der Waals surface area (Å²) in [4.78, 5) is 0. The van der Waals surface area contributed by atoms with Crippen molar-refractivity contribution in [3.8, 4) is 0 Å². The fourth-order valence-corrected chi connectivity index (χ4v) is 3.89. The Morgan fingerprint density at radius 1 is 1.25 bits per heavy atom. The third-order valence-electron chi connectivity index (χ3n) is 3.62. The van der Waals surface area contributed by atoms with Gasteiger partial charge in [-0.05, 0) is 24.0 Å². The van der Waals surface area contributed by atoms with E-state index in [2.05, 4.69) is 11.4 Å². The van der Waals surface area contributed by atoms with E-state index in [1.165, 1.54) is 5.56 Å². The third-order valence-corrected chi connectivity index (χ3v) is 5.44. The molecule has 4 nitrogen and oxygen atoms in total. The fourth-order valence-electron chi connectivity index (χ4n) is 2.51. The quantitative estimate of drug-likeness (QED) is 0.901. The summed E-state index contributed by atoms with van der Waals surface area (Å²) in [5.41, 5.74) is 2.43. The average molecular weight is 296 g/mol. The van der Waals surface area contributed by atoms with Crippen molar-refractivity contribution in [1.29, 1.82) is 0 Å². The predicted molar refractivity (Wildman–Crippen MR) is 82.1 cm³/mol. The fraction of sp³-hybridized carbons (Fsp3) is 0.600. The molecule has 1 aromatic carbocycles. The van der Waals surface area contributed by atoms with E-state index in [4.69, 9.17) is 0 Å². The van der Waals surface area contributed by atoms with Gasteiger partial charge in [-0.15, -0.1) is 0 Å². The molecule has 0 spiro atoms. The Labute approximate surface area is 122 Å². The lowest BCUT2D eigenvalue weighted by molar-refractivity contribution is 0.408. The molecule has 0 radical (unpaired) electrons. The van der Waals surface area contributed by atoms with Crippen molar-refractivity contribution in [3.05, 3.63) is 35.4 Å². The number of nitrogens with zero attached hydrogens (tertiary/aromatic N) is 1. The molecule has 0 atom stereocenters. The summed E-state index contributed by atoms with van der Waals surface area (Å²) in [6.07, 6.45) is 1.86. The number of hydrogen-bond donors (Lipinski definition) is 1. The minimum absolute atomic E-state index is 0.174. The van der Waals surface area contributed by atoms with E-state index >= 15 is 0 Å². The molecule has 1 heterocycles. The van der Waals surface area contributed by atoms with Gasteiger partial charge < -0.3 is 5.32 Å². The highest BCUT2D eigenvalue weighted by molar-refractivity contribution is 7.89. The van der Waals surface area contributed by atoms with Gasteiger partial charge in [0.1, 0.15) is 0 Å². The lowest BCUT2D eigenvalue weighted by atomic mass is 10.0. The maximum absolute atomic E-state index is 12.4. The zero-order valence-electron chi connectivity index (χ0n) is 12.3. The van der Waals surface area contributed by atoms with Crippen LogP contribution in [0.2, 0.25) is 0 Å². The summed E-state index contributed by atoms with van der Waals surface area (Å²) in [6, 6.07) is 8.46. The van der Waals surface area contributed by atoms with Crippen LogP contribution in [0.3, 0.4) is 0 Å². The van der Waals surface area contributed by atoms with Crippen molar-refractivity contribution in [2.24, 2.45) is 0 Å². The van der Waals surface area contributed by atoms with Gasteiger partial charge in [0.25, 0.3) is 0 Å². The zero-order chi connectivity index (χ0) is 14.6. The van der Waals surface area contributed by atoms with Crippen LogP contribution < -0.4 is 5.32 Å². The molecule has 1 aliphatic rings. The molecular weight excluding hydrogens is 272 g/mol. The van der Waals surface area contributed by atoms with E-state index in [-0.39, 0.29) is 5.75 Å². The number of aryl methyl sites for hydroxylation is 1. The summed E-state index contributed by atoms with van der Waals surface area (Å²) < 4.78 is 26.5. The van der Waals surface area contributed by atoms with Crippen LogP contribution >= 0.6 is 0 Å². The van der Waals surface area contributed by atoms with Gasteiger partial charge >= 0.3 is 0 Å². The Morgan fingerprint density at radius 3 is 2.65 bits per heavy atom. The highest BCUT2D eigenvalue weighted by Crippen LogP contribution is 2.20. The second kappa shape index (κ2) is 6.70. The van der Waals surface area contributed by atoms with E-state index in [9.17, 15) is 8.42 Å². The number of sulfonamides is 1. The monoisotopic (exact) mass is 296 g/mol. The number of benzene rings is 1. The molecule has 20 heavy (non-hydrogen) atoms. The summed E-state index contributed by atoms with van der Waals surface area (Å²) >= 11 is 0. The molecule has 112 valence electrons. The Morgan fingerprint density at radius 2 is 1.95 bits per heavy atom. The number of fused-ring (bicyclic) bond motifs is 1. The van der Waals surface area contributed by atoms with Crippen molar-refractivity contribution in [1.82, 2.24) is 9.62 Å². The zero-order valence-corrected chi connectivity index (χ0v) is 13.1. The maximum atomic E-state index is 12.4. The van der Waals surface area contributed by atoms with Crippen LogP contribution in [0.25, 0.3) is 0 Å². The molecule has 0 unspecified atom stereocenters. The molecule has 0 aromatic heterocycles. The van der Waals surface area contributed by atoms with Crippen molar-refractivity contribution in [3.63, 3.8) is 0 Å². The molecule has 1 aliphatic heterocycles. The van der Waals surface area contributed by atoms with Crippen LogP contribution in [0.1, 0.15) is 31.4 Å². The van der Waals surface area contributed by atoms with Crippen LogP contribution in [0.15, 0.2) is 24.3 Å². The van der Waals surface area contributed by atoms with Gasteiger partial charge in [-0.25, -0.2) is 8.42 Å². The van der Waals surface area contributed by atoms with Crippen molar-refractivity contribution in [2.45, 2.75) is 39.3 Å². The van der Waals surface area contributed by atoms with Gasteiger partial charge in [-0.1, -0.05) is 38.1 Å². The van der Waals surface area contributed by atoms with Crippen LogP contribution in [0.4, 0.5) is 0 Å². The van der Waals surface area contributed by atoms with Gasteiger partial charge in [-0.3, -0.25) is 0 Å². The second-order valence-electron chi connectivity index (χ2n) is 5.63. The Hall–Kier alpha value is -0.910. The van der Waals surface area contributed by atoms with Crippen LogP contribution in [-0.4, -0.2) is 37.6 Å². The lowest BCUT2D eigenvalue weighted by Crippen LogP contribution is -2.37. The van der Waals surface area contributed by atoms with E-state index in [1.807, 2.05) is 32.0 Å². The van der Waals surface area contributed by atoms with Crippen LogP contribution in [-0.2, 0) is 23.0 Å². The SMILES string of the molecule is CC(C)NCCS(=O)(=O)N1CCCc2ccccc2C1. The topological polar surface area (TPSA) is 49.4 Å². The van der Waals surface area contributed by atoms with Gasteiger partial charge in [-0.2, -0.15) is 4.31 Å². The first-order valence-electron chi connectivity index (χ1n) is 7.27. The molecule has 2 rings (SSSR count). The first-order chi connectivity index (χ1) is 9.49. The smallest absolute Gasteiger partial charge is 0.215 e. The minimum Gasteiger partial charge on any atom is -0.313 e. The predicted octanol–water partition coefficient (Wildman–Crippen LogP) is 1.76. The first kappa shape index (κ1) is 15.5. The van der Waals surface area contributed by atoms with Crippen LogP contribution in [0.5, 0.6) is 0 Å². The largest absolute Gasteiger partial charge is 0.313 e. The van der Waals surface area contributed by atoms with Crippen molar-refractivity contribution >= 4 is 10.0 Å². The molecule has 0 fully saturated rings. The van der Waals surface area contributed by atoms with E-state index < -0.39 is 10.0 Å². The standard InChI is InChI=1S/C15H24N2O2S/c1-13(2)16-9-11-20(18,19)17-10-5-8-14-6-3-4-7-15(14)12-17/h3-4,6-7,13,16H,5,8-12H2,1-2H3. The molecule has 1 N–H and O–H groups in total. The number of hydrogen-bond acceptors (Lipinski definition) is 3. The maximum Gasteiger partial charge on any atom is 0.215 e. The van der Waals surface area contributed by atoms with Gasteiger partial charge in [0.2, 0.25) is 10.0 Å². The molecular formula is C15H24N2O2S. The Kier molecular flexibility index (Phi) is 5.18. The molecule has 5 heteroatoms. The molecule has 0 saturated heterocycles. The number of rotatable bonds is 5. The summed E-state index contributed by atoms with van der Waals surface area (Å²) in [7, 11) is -3.17. The molecule has 0 aliphatic carbocycles. The van der Waals surface area contributed by atoms with Crippen molar-refractivity contribution < 1.29 is 8.42 Å². The minimum atomic E-state index is -3.17. The Bertz CT molecular complexity index is 541. The van der Waals surface area contributed by atoms with Gasteiger partial charge in [0.15, 0.2) is 0 Å². The highest BCUT2D eigenvalue weighted by Gasteiger charge is 2.24. The summed E-state index contributed by atoms with van der Waals surface area (Å²) in [5, 5.41) is 3.17. The van der Waals surface area contributed by atoms with Gasteiger partial charge in [0.05, 0.1) is 5.75 Å². The summed E-state index contributed by atoms with van der Waals surface area (Å²) in [6.45, 7) is 5.70. The molecule has 0 amide bonds. The van der Waals surface area contributed by atoms with E-state index in [1.54, 1.807) is 4.31 Å². The highest BCUT2D eigenvalue weighted by atomic mass is 32.2. The normalized spacial score (nSPS) is 16.9. The van der Waals surface area contributed by atoms with Crippen LogP contribution in [0, 0.1) is 0 Å². The molecule has 1 aromatic rings. The summed E-state index contributed by atoms with van der Waals surface area (Å²) in [5.74, 6) is 0.174.